The van der Waals surface area contributed by atoms with E-state index in [2.05, 4.69) is 4.90 Å². The lowest BCUT2D eigenvalue weighted by Crippen LogP contribution is -2.43. The average Bonchev–Trinajstić information content (AvgIpc) is 2.79. The minimum Gasteiger partial charge on any atom is -0.379 e. The quantitative estimate of drug-likeness (QED) is 0.549. The minimum atomic E-state index is -4.31. The third-order valence-corrected chi connectivity index (χ3v) is 7.36. The molecule has 0 radical (unpaired) electrons. The number of carbonyl (C=O) groups excluding carboxylic acids is 1. The Morgan fingerprint density at radius 3 is 2.55 bits per heavy atom. The highest BCUT2D eigenvalue weighted by Crippen LogP contribution is 2.31. The second-order valence-corrected chi connectivity index (χ2v) is 9.91. The number of ether oxygens (including phenoxy) is 1. The number of carbonyl (C=O) groups is 1. The van der Waals surface area contributed by atoms with Crippen molar-refractivity contribution in [3.63, 3.8) is 0 Å². The number of rotatable bonds is 9. The number of nitrogens with one attached hydrogen (secondary N) is 1. The molecule has 0 aliphatic carbocycles. The summed E-state index contributed by atoms with van der Waals surface area (Å²) in [6.45, 7) is 5.13. The molecule has 8 nitrogen and oxygen atoms in total. The lowest BCUT2D eigenvalue weighted by Gasteiger charge is -2.27. The predicted molar refractivity (Wildman–Crippen MR) is 117 cm³/mol. The van der Waals surface area contributed by atoms with Crippen LogP contribution in [0.3, 0.4) is 0 Å². The zero-order chi connectivity index (χ0) is 22.3. The summed E-state index contributed by atoms with van der Waals surface area (Å²) < 4.78 is 31.2. The normalized spacial score (nSPS) is 15.2. The Morgan fingerprint density at radius 1 is 1.16 bits per heavy atom. The second-order valence-electron chi connectivity index (χ2n) is 7.03. The standard InChI is InChI=1S/C21H27N3O5S2/c1-2-21(25)22-24(26)31(27,28)20-9-8-19(30-18-6-4-3-5-7-18)16-17(20)10-11-23-12-14-29-15-13-23/h3-9,16,26H,2,10-15H2,1H3,(H,22,25). The van der Waals surface area contributed by atoms with E-state index in [0.29, 0.717) is 31.7 Å². The highest BCUT2D eigenvalue weighted by Gasteiger charge is 2.28. The van der Waals surface area contributed by atoms with Crippen LogP contribution in [0, 0.1) is 0 Å². The van der Waals surface area contributed by atoms with E-state index in [1.807, 2.05) is 41.8 Å². The van der Waals surface area contributed by atoms with Crippen LogP contribution >= 0.6 is 11.8 Å². The third kappa shape index (κ3) is 6.52. The maximum absolute atomic E-state index is 12.9. The summed E-state index contributed by atoms with van der Waals surface area (Å²) in [7, 11) is -4.31. The van der Waals surface area contributed by atoms with Crippen molar-refractivity contribution in [2.45, 2.75) is 34.5 Å². The Balaban J connectivity index is 1.87. The minimum absolute atomic E-state index is 0.0305. The summed E-state index contributed by atoms with van der Waals surface area (Å²) in [5.74, 6) is -0.600. The topological polar surface area (TPSA) is 99.2 Å². The molecule has 0 spiro atoms. The molecule has 0 saturated carbocycles. The maximum Gasteiger partial charge on any atom is 0.283 e. The fourth-order valence-electron chi connectivity index (χ4n) is 3.13. The van der Waals surface area contributed by atoms with Crippen molar-refractivity contribution in [1.82, 2.24) is 14.9 Å². The first-order valence-electron chi connectivity index (χ1n) is 10.1. The molecule has 0 bridgehead atoms. The van der Waals surface area contributed by atoms with Gasteiger partial charge < -0.3 is 4.74 Å². The molecule has 3 rings (SSSR count). The number of nitrogens with zero attached hydrogens (tertiary/aromatic N) is 2. The predicted octanol–water partition coefficient (Wildman–Crippen LogP) is 2.53. The van der Waals surface area contributed by atoms with Crippen LogP contribution in [-0.4, -0.2) is 61.9 Å². The number of benzene rings is 2. The van der Waals surface area contributed by atoms with Gasteiger partial charge in [0.2, 0.25) is 5.91 Å². The van der Waals surface area contributed by atoms with Gasteiger partial charge in [0.25, 0.3) is 10.0 Å². The Hall–Kier alpha value is -1.95. The molecule has 1 amide bonds. The molecular formula is C21H27N3O5S2. The first-order valence-corrected chi connectivity index (χ1v) is 12.4. The molecule has 1 aliphatic heterocycles. The lowest BCUT2D eigenvalue weighted by molar-refractivity contribution is -0.135. The van der Waals surface area contributed by atoms with Gasteiger partial charge in [-0.3, -0.25) is 20.3 Å². The van der Waals surface area contributed by atoms with E-state index in [4.69, 9.17) is 4.74 Å². The highest BCUT2D eigenvalue weighted by atomic mass is 32.2. The first-order chi connectivity index (χ1) is 14.9. The Morgan fingerprint density at radius 2 is 1.87 bits per heavy atom. The van der Waals surface area contributed by atoms with E-state index >= 15 is 0 Å². The molecule has 31 heavy (non-hydrogen) atoms. The van der Waals surface area contributed by atoms with Crippen LogP contribution in [0.15, 0.2) is 63.2 Å². The van der Waals surface area contributed by atoms with Gasteiger partial charge in [0.15, 0.2) is 0 Å². The maximum atomic E-state index is 12.9. The van der Waals surface area contributed by atoms with Gasteiger partial charge >= 0.3 is 0 Å². The lowest BCUT2D eigenvalue weighted by atomic mass is 10.1. The van der Waals surface area contributed by atoms with Gasteiger partial charge in [-0.2, -0.15) is 0 Å². The van der Waals surface area contributed by atoms with Crippen LogP contribution in [0.2, 0.25) is 0 Å². The Bertz CT molecular complexity index is 980. The molecule has 2 aromatic carbocycles. The molecule has 1 heterocycles. The zero-order valence-electron chi connectivity index (χ0n) is 17.4. The van der Waals surface area contributed by atoms with Crippen molar-refractivity contribution in [2.24, 2.45) is 0 Å². The first kappa shape index (κ1) is 23.7. The molecule has 0 aromatic heterocycles. The molecule has 1 saturated heterocycles. The molecule has 0 unspecified atom stereocenters. The van der Waals surface area contributed by atoms with Gasteiger partial charge in [0.05, 0.1) is 18.1 Å². The van der Waals surface area contributed by atoms with Crippen molar-refractivity contribution in [3.05, 3.63) is 54.1 Å². The fourth-order valence-corrected chi connectivity index (χ4v) is 5.18. The zero-order valence-corrected chi connectivity index (χ0v) is 19.0. The second kappa shape index (κ2) is 11.1. The molecule has 10 heteroatoms. The van der Waals surface area contributed by atoms with Crippen molar-refractivity contribution >= 4 is 27.7 Å². The van der Waals surface area contributed by atoms with Gasteiger partial charge in [-0.15, -0.1) is 0 Å². The summed E-state index contributed by atoms with van der Waals surface area (Å²) in [4.78, 5) is 15.7. The highest BCUT2D eigenvalue weighted by molar-refractivity contribution is 7.99. The SMILES string of the molecule is CCC(=O)NN(O)S(=O)(=O)c1ccc(Sc2ccccc2)cc1CCN1CCOCC1. The number of hydrogen-bond acceptors (Lipinski definition) is 7. The van der Waals surface area contributed by atoms with Crippen LogP contribution in [0.1, 0.15) is 18.9 Å². The fraction of sp³-hybridized carbons (Fsp3) is 0.381. The van der Waals surface area contributed by atoms with Crippen molar-refractivity contribution < 1.29 is 23.2 Å². The third-order valence-electron chi connectivity index (χ3n) is 4.86. The van der Waals surface area contributed by atoms with Gasteiger partial charge in [-0.1, -0.05) is 36.9 Å². The number of hydrazine groups is 1. The van der Waals surface area contributed by atoms with Crippen LogP contribution in [0.4, 0.5) is 0 Å². The van der Waals surface area contributed by atoms with Crippen LogP contribution in [-0.2, 0) is 26.0 Å². The van der Waals surface area contributed by atoms with Gasteiger partial charge in [-0.25, -0.2) is 8.42 Å². The number of hydrogen-bond donors (Lipinski definition) is 2. The largest absolute Gasteiger partial charge is 0.379 e. The summed E-state index contributed by atoms with van der Waals surface area (Å²) in [5, 5.41) is 10.1. The molecule has 2 N–H and O–H groups in total. The van der Waals surface area contributed by atoms with Crippen LogP contribution in [0.25, 0.3) is 0 Å². The van der Waals surface area contributed by atoms with Crippen molar-refractivity contribution in [2.75, 3.05) is 32.8 Å². The van der Waals surface area contributed by atoms with Crippen LogP contribution < -0.4 is 5.43 Å². The molecule has 2 aromatic rings. The van der Waals surface area contributed by atoms with Gasteiger partial charge in [-0.05, 0) is 42.3 Å². The Kier molecular flexibility index (Phi) is 8.47. The van der Waals surface area contributed by atoms with E-state index in [-0.39, 0.29) is 15.9 Å². The number of morpholine rings is 1. The van der Waals surface area contributed by atoms with Crippen molar-refractivity contribution in [3.8, 4) is 0 Å². The molecule has 1 fully saturated rings. The molecule has 1 aliphatic rings. The number of sulfonamides is 1. The van der Waals surface area contributed by atoms with E-state index < -0.39 is 15.9 Å². The van der Waals surface area contributed by atoms with Gasteiger partial charge in [0.1, 0.15) is 0 Å². The molecule has 168 valence electrons. The Labute approximate surface area is 187 Å². The van der Waals surface area contributed by atoms with Gasteiger partial charge in [0, 0.05) is 40.4 Å². The molecular weight excluding hydrogens is 438 g/mol. The smallest absolute Gasteiger partial charge is 0.283 e. The summed E-state index contributed by atoms with van der Waals surface area (Å²) >= 11 is 1.53. The van der Waals surface area contributed by atoms with E-state index in [1.54, 1.807) is 13.0 Å². The van der Waals surface area contributed by atoms with E-state index in [1.165, 1.54) is 17.8 Å². The summed E-state index contributed by atoms with van der Waals surface area (Å²) in [5.41, 5.74) is 2.57. The summed E-state index contributed by atoms with van der Waals surface area (Å²) in [6.07, 6.45) is 0.524. The molecule has 0 atom stereocenters. The average molecular weight is 466 g/mol. The summed E-state index contributed by atoms with van der Waals surface area (Å²) in [6, 6.07) is 14.8. The monoisotopic (exact) mass is 465 g/mol. The van der Waals surface area contributed by atoms with E-state index in [0.717, 1.165) is 22.9 Å². The van der Waals surface area contributed by atoms with Crippen LogP contribution in [0.5, 0.6) is 0 Å². The number of amides is 1. The van der Waals surface area contributed by atoms with Crippen molar-refractivity contribution in [1.29, 1.82) is 0 Å². The van der Waals surface area contributed by atoms with E-state index in [9.17, 15) is 18.4 Å².